The predicted molar refractivity (Wildman–Crippen MR) is 20.1 cm³/mol. The molecule has 0 unspecified atom stereocenters. The molecular weight excluding hydrogens is 292 g/mol. The van der Waals surface area contributed by atoms with E-state index in [4.69, 9.17) is 4.74 Å². The fourth-order valence-corrected chi connectivity index (χ4v) is 0.510. The van der Waals surface area contributed by atoms with Crippen molar-refractivity contribution in [3.63, 3.8) is 0 Å². The average Bonchev–Trinajstić information content (AvgIpc) is 1.76. The molecule has 0 N–H and O–H groups in total. The molecule has 11 heavy (non-hydrogen) atoms. The number of halogens is 5. The van der Waals surface area contributed by atoms with Crippen LogP contribution >= 0.6 is 0 Å². The Hall–Kier alpha value is 1.99. The number of hydrogen-bond acceptors (Lipinski definition) is 1. The van der Waals surface area contributed by atoms with Crippen LogP contribution in [0.1, 0.15) is 12.8 Å². The van der Waals surface area contributed by atoms with Gasteiger partial charge in [0.2, 0.25) is 0 Å². The summed E-state index contributed by atoms with van der Waals surface area (Å²) in [5.41, 5.74) is 0. The third-order valence-corrected chi connectivity index (χ3v) is 0.827. The molecule has 75 valence electrons. The van der Waals surface area contributed by atoms with Crippen LogP contribution in [0.5, 0.6) is 0 Å². The normalized spacial score (nSPS) is 10.9. The quantitative estimate of drug-likeness (QED) is 0.432. The van der Waals surface area contributed by atoms with Crippen molar-refractivity contribution in [3.05, 3.63) is 0 Å². The second-order valence-electron chi connectivity index (χ2n) is 1.32. The summed E-state index contributed by atoms with van der Waals surface area (Å²) >= 11 is 0. The third-order valence-electron chi connectivity index (χ3n) is 0.827. The van der Waals surface area contributed by atoms with Crippen molar-refractivity contribution in [1.29, 1.82) is 0 Å². The van der Waals surface area contributed by atoms with Crippen LogP contribution in [0.15, 0.2) is 0 Å². The Labute approximate surface area is 111 Å². The largest absolute Gasteiger partial charge is 1.00 e. The zero-order valence-electron chi connectivity index (χ0n) is 5.57. The monoisotopic (exact) mass is 298 g/mol. The van der Waals surface area contributed by atoms with Crippen LogP contribution in [0.3, 0.4) is 0 Å². The molecule has 0 aromatic heterocycles. The first-order chi connectivity index (χ1) is 2.50. The zero-order valence-corrected chi connectivity index (χ0v) is 10.8. The van der Waals surface area contributed by atoms with Crippen LogP contribution in [-0.4, -0.2) is 13.2 Å². The minimum Gasteiger partial charge on any atom is -1.00 e. The maximum atomic E-state index is 4.94. The molecule has 0 aliphatic carbocycles. The van der Waals surface area contributed by atoms with Crippen LogP contribution in [0.2, 0.25) is 0 Å². The summed E-state index contributed by atoms with van der Waals surface area (Å²) in [5.74, 6) is 0. The van der Waals surface area contributed by atoms with E-state index in [0.29, 0.717) is 0 Å². The van der Waals surface area contributed by atoms with Crippen LogP contribution in [0, 0.1) is 0 Å². The van der Waals surface area contributed by atoms with Gasteiger partial charge in [0, 0.05) is 31.8 Å². The second-order valence-corrected chi connectivity index (χ2v) is 1.32. The number of rotatable bonds is 0. The summed E-state index contributed by atoms with van der Waals surface area (Å²) in [6.45, 7) is 2.00. The fourth-order valence-electron chi connectivity index (χ4n) is 0.510. The van der Waals surface area contributed by atoms with E-state index in [1.54, 1.807) is 0 Å². The summed E-state index contributed by atoms with van der Waals surface area (Å²) in [5, 5.41) is 0. The second kappa shape index (κ2) is 29.6. The maximum absolute atomic E-state index is 4.94. The van der Waals surface area contributed by atoms with Crippen LogP contribution in [0.25, 0.3) is 0 Å². The third kappa shape index (κ3) is 24.5. The van der Waals surface area contributed by atoms with E-state index in [1.807, 2.05) is 0 Å². The van der Waals surface area contributed by atoms with Gasteiger partial charge in [0.15, 0.2) is 0 Å². The van der Waals surface area contributed by atoms with Crippen LogP contribution < -0.4 is 62.0 Å². The minimum absolute atomic E-state index is 0. The van der Waals surface area contributed by atoms with Gasteiger partial charge < -0.3 is 66.8 Å². The van der Waals surface area contributed by atoms with Crippen molar-refractivity contribution in [1.82, 2.24) is 0 Å². The number of hydrogen-bond donors (Lipinski definition) is 0. The molecular formula is C4H8Cl5OV-5. The van der Waals surface area contributed by atoms with Crippen molar-refractivity contribution in [2.24, 2.45) is 0 Å². The Morgan fingerprint density at radius 3 is 1.00 bits per heavy atom. The Balaban J connectivity index is -0.0000000104. The van der Waals surface area contributed by atoms with E-state index in [9.17, 15) is 0 Å². The molecule has 7 heteroatoms. The van der Waals surface area contributed by atoms with Crippen LogP contribution in [0.4, 0.5) is 0 Å². The summed E-state index contributed by atoms with van der Waals surface area (Å²) in [7, 11) is 0. The molecule has 0 bridgehead atoms. The Morgan fingerprint density at radius 1 is 0.636 bits per heavy atom. The van der Waals surface area contributed by atoms with Gasteiger partial charge in [-0.1, -0.05) is 0 Å². The maximum Gasteiger partial charge on any atom is 0.0466 e. The Kier molecular flexibility index (Phi) is 103. The van der Waals surface area contributed by atoms with Crippen molar-refractivity contribution >= 4 is 0 Å². The molecule has 1 fully saturated rings. The molecule has 1 heterocycles. The molecule has 1 saturated heterocycles. The van der Waals surface area contributed by atoms with E-state index >= 15 is 0 Å². The standard InChI is InChI=1S/C4H8O.5ClH.V/c1-2-4-5-3-1;;;;;;/h1-4H2;5*1H;/p-5. The number of ether oxygens (including phenoxy) is 1. The van der Waals surface area contributed by atoms with Gasteiger partial charge in [-0.3, -0.25) is 0 Å². The van der Waals surface area contributed by atoms with Crippen LogP contribution in [-0.2, 0) is 23.3 Å². The van der Waals surface area contributed by atoms with Crippen molar-refractivity contribution < 1.29 is 85.3 Å². The summed E-state index contributed by atoms with van der Waals surface area (Å²) in [4.78, 5) is 0. The molecule has 1 aliphatic rings. The van der Waals surface area contributed by atoms with Gasteiger partial charge in [-0.2, -0.15) is 0 Å². The van der Waals surface area contributed by atoms with E-state index < -0.39 is 0 Å². The first-order valence-corrected chi connectivity index (χ1v) is 2.08. The predicted octanol–water partition coefficient (Wildman–Crippen LogP) is -14.2. The van der Waals surface area contributed by atoms with Gasteiger partial charge in [-0.05, 0) is 12.8 Å². The van der Waals surface area contributed by atoms with Gasteiger partial charge >= 0.3 is 0 Å². The molecule has 1 rings (SSSR count). The molecule has 0 saturated carbocycles. The van der Waals surface area contributed by atoms with Gasteiger partial charge in [0.25, 0.3) is 0 Å². The smallest absolute Gasteiger partial charge is 0.0466 e. The van der Waals surface area contributed by atoms with E-state index in [1.165, 1.54) is 12.8 Å². The van der Waals surface area contributed by atoms with E-state index in [0.717, 1.165) is 13.2 Å². The molecule has 0 aromatic rings. The molecule has 1 nitrogen and oxygen atoms in total. The first-order valence-electron chi connectivity index (χ1n) is 2.08. The average molecular weight is 300 g/mol. The van der Waals surface area contributed by atoms with Gasteiger partial charge in [-0.15, -0.1) is 0 Å². The minimum atomic E-state index is 0. The van der Waals surface area contributed by atoms with Crippen molar-refractivity contribution in [2.75, 3.05) is 13.2 Å². The van der Waals surface area contributed by atoms with Gasteiger partial charge in [0.05, 0.1) is 0 Å². The topological polar surface area (TPSA) is 9.23 Å². The SMILES string of the molecule is C1CCOC1.[Cl-].[Cl-].[Cl-].[Cl-].[Cl-].[V]. The van der Waals surface area contributed by atoms with Crippen molar-refractivity contribution in [2.45, 2.75) is 12.8 Å². The van der Waals surface area contributed by atoms with Gasteiger partial charge in [0.1, 0.15) is 0 Å². The molecule has 0 atom stereocenters. The molecule has 0 spiro atoms. The molecule has 1 radical (unpaired) electrons. The fraction of sp³-hybridized carbons (Fsp3) is 1.00. The molecule has 0 amide bonds. The summed E-state index contributed by atoms with van der Waals surface area (Å²) in [6.07, 6.45) is 2.56. The summed E-state index contributed by atoms with van der Waals surface area (Å²) < 4.78 is 4.94. The Bertz CT molecular complexity index is 30.1. The first kappa shape index (κ1) is 38.2. The van der Waals surface area contributed by atoms with E-state index in [2.05, 4.69) is 0 Å². The van der Waals surface area contributed by atoms with E-state index in [-0.39, 0.29) is 80.6 Å². The van der Waals surface area contributed by atoms with Gasteiger partial charge in [-0.25, -0.2) is 0 Å². The Morgan fingerprint density at radius 2 is 0.909 bits per heavy atom. The molecule has 0 aromatic carbocycles. The molecule has 1 aliphatic heterocycles. The summed E-state index contributed by atoms with van der Waals surface area (Å²) in [6, 6.07) is 0. The van der Waals surface area contributed by atoms with Crippen molar-refractivity contribution in [3.8, 4) is 0 Å². The zero-order chi connectivity index (χ0) is 3.54.